The van der Waals surface area contributed by atoms with E-state index in [1.807, 2.05) is 39.0 Å². The molecule has 0 aromatic heterocycles. The Kier molecular flexibility index (Phi) is 7.72. The zero-order valence-corrected chi connectivity index (χ0v) is 19.6. The van der Waals surface area contributed by atoms with Crippen molar-refractivity contribution in [3.63, 3.8) is 0 Å². The van der Waals surface area contributed by atoms with Crippen LogP contribution in [0.1, 0.15) is 49.5 Å². The van der Waals surface area contributed by atoms with E-state index in [4.69, 9.17) is 20.8 Å². The first kappa shape index (κ1) is 24.3. The van der Waals surface area contributed by atoms with Crippen LogP contribution < -0.4 is 0 Å². The van der Waals surface area contributed by atoms with E-state index in [0.717, 1.165) is 29.5 Å². The van der Waals surface area contributed by atoms with Gasteiger partial charge in [-0.15, -0.1) is 0 Å². The van der Waals surface area contributed by atoms with Gasteiger partial charge in [0.25, 0.3) is 0 Å². The van der Waals surface area contributed by atoms with Crippen LogP contribution in [0.3, 0.4) is 0 Å². The van der Waals surface area contributed by atoms with E-state index in [1.54, 1.807) is 29.2 Å². The molecule has 1 heterocycles. The van der Waals surface area contributed by atoms with Crippen LogP contribution in [0.4, 0.5) is 10.5 Å². The van der Waals surface area contributed by atoms with Crippen molar-refractivity contribution < 1.29 is 23.8 Å². The van der Waals surface area contributed by atoms with Gasteiger partial charge in [-0.2, -0.15) is 0 Å². The summed E-state index contributed by atoms with van der Waals surface area (Å²) in [5, 5.41) is 0. The van der Waals surface area contributed by atoms with Crippen molar-refractivity contribution in [3.8, 4) is 11.1 Å². The van der Waals surface area contributed by atoms with Gasteiger partial charge in [0.1, 0.15) is 5.60 Å². The van der Waals surface area contributed by atoms with Crippen LogP contribution in [0, 0.1) is 6.57 Å². The Balaban J connectivity index is 1.68. The lowest BCUT2D eigenvalue weighted by molar-refractivity contribution is -0.0170. The first-order valence-corrected chi connectivity index (χ1v) is 11.0. The van der Waals surface area contributed by atoms with E-state index >= 15 is 0 Å². The van der Waals surface area contributed by atoms with Crippen LogP contribution in [-0.4, -0.2) is 48.9 Å². The molecule has 2 aromatic rings. The molecule has 0 bridgehead atoms. The highest BCUT2D eigenvalue weighted by Gasteiger charge is 2.27. The van der Waals surface area contributed by atoms with Crippen molar-refractivity contribution in [2.45, 2.75) is 51.9 Å². The van der Waals surface area contributed by atoms with Gasteiger partial charge in [-0.3, -0.25) is 0 Å². The Morgan fingerprint density at radius 2 is 1.82 bits per heavy atom. The quantitative estimate of drug-likeness (QED) is 0.438. The zero-order valence-electron chi connectivity index (χ0n) is 19.6. The smallest absolute Gasteiger partial charge is 0.410 e. The van der Waals surface area contributed by atoms with E-state index < -0.39 is 11.6 Å². The number of carbonyl (C=O) groups is 2. The molecule has 1 aliphatic heterocycles. The summed E-state index contributed by atoms with van der Waals surface area (Å²) in [5.74, 6) is -0.426. The Bertz CT molecular complexity index is 1040. The SMILES string of the molecule is [C-]#[N+]c1cccc(-c2cc(COC3CCN(C(=O)OC(C)(C)C)CC3)cc(C(=O)OC)c2)c1. The minimum atomic E-state index is -0.513. The van der Waals surface area contributed by atoms with Gasteiger partial charge in [0.05, 0.1) is 32.0 Å². The summed E-state index contributed by atoms with van der Waals surface area (Å²) in [6.45, 7) is 14.3. The second-order valence-corrected chi connectivity index (χ2v) is 9.05. The van der Waals surface area contributed by atoms with E-state index in [1.165, 1.54) is 7.11 Å². The minimum absolute atomic E-state index is 0.0133. The van der Waals surface area contributed by atoms with E-state index in [2.05, 4.69) is 4.85 Å². The van der Waals surface area contributed by atoms with Gasteiger partial charge in [-0.1, -0.05) is 18.2 Å². The second kappa shape index (κ2) is 10.5. The number of esters is 1. The molecule has 0 saturated carbocycles. The summed E-state index contributed by atoms with van der Waals surface area (Å²) in [4.78, 5) is 29.7. The van der Waals surface area contributed by atoms with Crippen molar-refractivity contribution in [1.82, 2.24) is 4.90 Å². The van der Waals surface area contributed by atoms with Crippen molar-refractivity contribution in [3.05, 3.63) is 65.0 Å². The highest BCUT2D eigenvalue weighted by Crippen LogP contribution is 2.27. The van der Waals surface area contributed by atoms with Crippen molar-refractivity contribution in [2.24, 2.45) is 0 Å². The minimum Gasteiger partial charge on any atom is -0.465 e. The molecule has 3 rings (SSSR count). The number of ether oxygens (including phenoxy) is 3. The van der Waals surface area contributed by atoms with Gasteiger partial charge >= 0.3 is 12.1 Å². The first-order chi connectivity index (χ1) is 15.7. The number of amides is 1. The Labute approximate surface area is 195 Å². The van der Waals surface area contributed by atoms with Crippen LogP contribution in [0.5, 0.6) is 0 Å². The van der Waals surface area contributed by atoms with E-state index in [-0.39, 0.29) is 12.2 Å². The summed E-state index contributed by atoms with van der Waals surface area (Å²) in [5.41, 5.74) is 2.96. The molecular formula is C26H30N2O5. The fourth-order valence-corrected chi connectivity index (χ4v) is 3.68. The molecule has 0 aliphatic carbocycles. The maximum Gasteiger partial charge on any atom is 0.410 e. The summed E-state index contributed by atoms with van der Waals surface area (Å²) < 4.78 is 16.5. The summed E-state index contributed by atoms with van der Waals surface area (Å²) in [6.07, 6.45) is 1.16. The number of likely N-dealkylation sites (tertiary alicyclic amines) is 1. The summed E-state index contributed by atoms with van der Waals surface area (Å²) in [6, 6.07) is 12.8. The number of nitrogens with zero attached hydrogens (tertiary/aromatic N) is 2. The molecule has 1 fully saturated rings. The van der Waals surface area contributed by atoms with Crippen molar-refractivity contribution >= 4 is 17.7 Å². The number of hydrogen-bond acceptors (Lipinski definition) is 5. The van der Waals surface area contributed by atoms with Gasteiger partial charge < -0.3 is 19.1 Å². The zero-order chi connectivity index (χ0) is 24.0. The van der Waals surface area contributed by atoms with Gasteiger partial charge in [0.15, 0.2) is 5.69 Å². The molecule has 2 aromatic carbocycles. The van der Waals surface area contributed by atoms with Crippen LogP contribution in [0.2, 0.25) is 0 Å². The van der Waals surface area contributed by atoms with E-state index in [0.29, 0.717) is 30.9 Å². The number of hydrogen-bond donors (Lipinski definition) is 0. The fourth-order valence-electron chi connectivity index (χ4n) is 3.68. The molecule has 1 aliphatic rings. The summed E-state index contributed by atoms with van der Waals surface area (Å²) >= 11 is 0. The molecule has 0 atom stereocenters. The van der Waals surface area contributed by atoms with Gasteiger partial charge in [0, 0.05) is 13.1 Å². The highest BCUT2D eigenvalue weighted by atomic mass is 16.6. The van der Waals surface area contributed by atoms with Gasteiger partial charge in [0.2, 0.25) is 0 Å². The lowest BCUT2D eigenvalue weighted by Gasteiger charge is -2.33. The van der Waals surface area contributed by atoms with Crippen LogP contribution in [-0.2, 0) is 20.8 Å². The number of carbonyl (C=O) groups excluding carboxylic acids is 2. The topological polar surface area (TPSA) is 69.4 Å². The molecule has 0 radical (unpaired) electrons. The lowest BCUT2D eigenvalue weighted by atomic mass is 9.99. The standard InChI is InChI=1S/C26H30N2O5/c1-26(2,3)33-25(30)28-11-9-23(10-12-28)32-17-18-13-20(15-21(14-18)24(29)31-5)19-7-6-8-22(16-19)27-4/h6-8,13-16,23H,9-12,17H2,1-3,5H3. The molecule has 174 valence electrons. The van der Waals surface area contributed by atoms with Gasteiger partial charge in [-0.05, 0) is 74.6 Å². The number of benzene rings is 2. The van der Waals surface area contributed by atoms with Crippen LogP contribution in [0.25, 0.3) is 16.0 Å². The van der Waals surface area contributed by atoms with Crippen molar-refractivity contribution in [2.75, 3.05) is 20.2 Å². The molecule has 33 heavy (non-hydrogen) atoms. The average Bonchev–Trinajstić information content (AvgIpc) is 2.81. The molecule has 0 unspecified atom stereocenters. The molecule has 0 N–H and O–H groups in total. The molecule has 0 spiro atoms. The maximum absolute atomic E-state index is 12.2. The predicted octanol–water partition coefficient (Wildman–Crippen LogP) is 5.61. The highest BCUT2D eigenvalue weighted by molar-refractivity contribution is 5.91. The molecule has 1 amide bonds. The predicted molar refractivity (Wildman–Crippen MR) is 125 cm³/mol. The van der Waals surface area contributed by atoms with Crippen LogP contribution >= 0.6 is 0 Å². The Morgan fingerprint density at radius 1 is 1.09 bits per heavy atom. The van der Waals surface area contributed by atoms with Gasteiger partial charge in [-0.25, -0.2) is 14.4 Å². The largest absolute Gasteiger partial charge is 0.465 e. The molecule has 1 saturated heterocycles. The molecular weight excluding hydrogens is 420 g/mol. The molecule has 7 nitrogen and oxygen atoms in total. The fraction of sp³-hybridized carbons (Fsp3) is 0.423. The maximum atomic E-state index is 12.2. The number of piperidine rings is 1. The normalized spacial score (nSPS) is 14.5. The monoisotopic (exact) mass is 450 g/mol. The Hall–Kier alpha value is -3.37. The number of methoxy groups -OCH3 is 1. The van der Waals surface area contributed by atoms with Crippen LogP contribution in [0.15, 0.2) is 42.5 Å². The Morgan fingerprint density at radius 3 is 2.45 bits per heavy atom. The van der Waals surface area contributed by atoms with Crippen molar-refractivity contribution in [1.29, 1.82) is 0 Å². The van der Waals surface area contributed by atoms with E-state index in [9.17, 15) is 9.59 Å². The first-order valence-electron chi connectivity index (χ1n) is 11.0. The molecule has 7 heteroatoms. The summed E-state index contributed by atoms with van der Waals surface area (Å²) in [7, 11) is 1.35. The average molecular weight is 451 g/mol. The second-order valence-electron chi connectivity index (χ2n) is 9.05. The lowest BCUT2D eigenvalue weighted by Crippen LogP contribution is -2.43. The third kappa shape index (κ3) is 6.80. The number of rotatable bonds is 5. The third-order valence-electron chi connectivity index (χ3n) is 5.30. The third-order valence-corrected chi connectivity index (χ3v) is 5.30.